The van der Waals surface area contributed by atoms with Crippen molar-refractivity contribution in [2.75, 3.05) is 0 Å². The zero-order valence-electron chi connectivity index (χ0n) is 10.6. The number of fused-ring (bicyclic) bond motifs is 3. The summed E-state index contributed by atoms with van der Waals surface area (Å²) in [6.45, 7) is 0. The van der Waals surface area contributed by atoms with Gasteiger partial charge in [0.15, 0.2) is 5.76 Å². The van der Waals surface area contributed by atoms with Gasteiger partial charge in [0.2, 0.25) is 0 Å². The molecule has 3 nitrogen and oxygen atoms in total. The van der Waals surface area contributed by atoms with Gasteiger partial charge in [-0.15, -0.1) is 0 Å². The molecule has 4 saturated carbocycles. The number of rotatable bonds is 2. The lowest BCUT2D eigenvalue weighted by molar-refractivity contribution is 0.128. The van der Waals surface area contributed by atoms with Crippen LogP contribution in [0.5, 0.6) is 0 Å². The number of hydrogen-bond acceptors (Lipinski definition) is 3. The Morgan fingerprint density at radius 1 is 1.11 bits per heavy atom. The van der Waals surface area contributed by atoms with E-state index in [0.29, 0.717) is 5.92 Å². The van der Waals surface area contributed by atoms with Crippen molar-refractivity contribution < 1.29 is 4.52 Å². The minimum Gasteiger partial charge on any atom is -0.359 e. The summed E-state index contributed by atoms with van der Waals surface area (Å²) in [6.07, 6.45) is 9.91. The van der Waals surface area contributed by atoms with Crippen LogP contribution in [0.3, 0.4) is 0 Å². The third-order valence-electron chi connectivity index (χ3n) is 5.37. The van der Waals surface area contributed by atoms with Crippen LogP contribution in [-0.2, 0) is 5.41 Å². The second kappa shape index (κ2) is 3.60. The van der Waals surface area contributed by atoms with Gasteiger partial charge in [0.1, 0.15) is 17.3 Å². The van der Waals surface area contributed by atoms with E-state index in [2.05, 4.69) is 11.2 Å². The zero-order valence-corrected chi connectivity index (χ0v) is 10.6. The van der Waals surface area contributed by atoms with Crippen LogP contribution in [0, 0.1) is 17.2 Å². The molecular weight excluding hydrogens is 224 g/mol. The SMILES string of the molecule is N#Cc1c(C23CCC(CC2)CC3)noc1C1CC1. The van der Waals surface area contributed by atoms with Gasteiger partial charge in [0.05, 0.1) is 0 Å². The average Bonchev–Trinajstić information content (AvgIpc) is 3.19. The smallest absolute Gasteiger partial charge is 0.157 e. The highest BCUT2D eigenvalue weighted by Crippen LogP contribution is 2.53. The van der Waals surface area contributed by atoms with Gasteiger partial charge < -0.3 is 4.52 Å². The molecule has 3 heteroatoms. The third-order valence-corrected chi connectivity index (χ3v) is 5.37. The molecule has 5 rings (SSSR count). The van der Waals surface area contributed by atoms with Gasteiger partial charge in [-0.25, -0.2) is 0 Å². The highest BCUT2D eigenvalue weighted by atomic mass is 16.5. The van der Waals surface area contributed by atoms with E-state index in [4.69, 9.17) is 4.52 Å². The predicted octanol–water partition coefficient (Wildman–Crippen LogP) is 3.65. The summed E-state index contributed by atoms with van der Waals surface area (Å²) in [6, 6.07) is 2.38. The van der Waals surface area contributed by atoms with Crippen LogP contribution in [0.4, 0.5) is 0 Å². The zero-order chi connectivity index (χ0) is 12.2. The summed E-state index contributed by atoms with van der Waals surface area (Å²) in [5, 5.41) is 13.8. The fraction of sp³-hybridized carbons (Fsp3) is 0.733. The van der Waals surface area contributed by atoms with Gasteiger partial charge in [-0.05, 0) is 57.3 Å². The molecule has 0 aromatic carbocycles. The van der Waals surface area contributed by atoms with Crippen LogP contribution in [-0.4, -0.2) is 5.16 Å². The van der Waals surface area contributed by atoms with E-state index in [1.807, 2.05) is 0 Å². The van der Waals surface area contributed by atoms with Crippen LogP contribution in [0.15, 0.2) is 4.52 Å². The van der Waals surface area contributed by atoms with Crippen molar-refractivity contribution in [3.05, 3.63) is 17.0 Å². The van der Waals surface area contributed by atoms with E-state index >= 15 is 0 Å². The molecule has 94 valence electrons. The second-order valence-corrected chi connectivity index (χ2v) is 6.42. The maximum atomic E-state index is 9.47. The first kappa shape index (κ1) is 10.6. The van der Waals surface area contributed by atoms with E-state index in [1.54, 1.807) is 0 Å². The number of aromatic nitrogens is 1. The monoisotopic (exact) mass is 242 g/mol. The molecule has 0 unspecified atom stereocenters. The Labute approximate surface area is 107 Å². The van der Waals surface area contributed by atoms with E-state index in [1.165, 1.54) is 51.4 Å². The largest absolute Gasteiger partial charge is 0.359 e. The predicted molar refractivity (Wildman–Crippen MR) is 66.1 cm³/mol. The van der Waals surface area contributed by atoms with Crippen molar-refractivity contribution in [2.24, 2.45) is 5.92 Å². The van der Waals surface area contributed by atoms with Crippen LogP contribution < -0.4 is 0 Å². The standard InChI is InChI=1S/C15H18N2O/c16-9-12-13(11-1-2-11)18-17-14(12)15-6-3-10(4-7-15)5-8-15/h10-11H,1-8H2. The van der Waals surface area contributed by atoms with E-state index in [9.17, 15) is 5.26 Å². The van der Waals surface area contributed by atoms with Crippen molar-refractivity contribution in [1.29, 1.82) is 5.26 Å². The van der Waals surface area contributed by atoms with Crippen LogP contribution in [0.25, 0.3) is 0 Å². The first-order chi connectivity index (χ1) is 8.82. The fourth-order valence-electron chi connectivity index (χ4n) is 4.00. The lowest BCUT2D eigenvalue weighted by Crippen LogP contribution is -2.38. The van der Waals surface area contributed by atoms with Crippen molar-refractivity contribution in [3.63, 3.8) is 0 Å². The molecule has 0 radical (unpaired) electrons. The highest BCUT2D eigenvalue weighted by molar-refractivity contribution is 5.43. The molecule has 0 atom stereocenters. The first-order valence-electron chi connectivity index (χ1n) is 7.22. The van der Waals surface area contributed by atoms with Crippen molar-refractivity contribution in [1.82, 2.24) is 5.16 Å². The quantitative estimate of drug-likeness (QED) is 0.795. The number of nitrogens with zero attached hydrogens (tertiary/aromatic N) is 2. The van der Waals surface area contributed by atoms with Crippen LogP contribution in [0.2, 0.25) is 0 Å². The van der Waals surface area contributed by atoms with Crippen molar-refractivity contribution >= 4 is 0 Å². The molecule has 4 fully saturated rings. The molecule has 4 aliphatic rings. The summed E-state index contributed by atoms with van der Waals surface area (Å²) in [5.74, 6) is 2.30. The summed E-state index contributed by atoms with van der Waals surface area (Å²) in [4.78, 5) is 0. The summed E-state index contributed by atoms with van der Waals surface area (Å²) < 4.78 is 5.54. The van der Waals surface area contributed by atoms with Gasteiger partial charge in [0, 0.05) is 11.3 Å². The summed E-state index contributed by atoms with van der Waals surface area (Å²) >= 11 is 0. The topological polar surface area (TPSA) is 49.8 Å². The summed E-state index contributed by atoms with van der Waals surface area (Å²) in [5.41, 5.74) is 1.97. The maximum absolute atomic E-state index is 9.47. The third kappa shape index (κ3) is 1.38. The molecular formula is C15H18N2O. The lowest BCUT2D eigenvalue weighted by atomic mass is 9.59. The maximum Gasteiger partial charge on any atom is 0.157 e. The van der Waals surface area contributed by atoms with Crippen LogP contribution in [0.1, 0.15) is 74.3 Å². The van der Waals surface area contributed by atoms with E-state index in [-0.39, 0.29) is 5.41 Å². The molecule has 4 aliphatic carbocycles. The molecule has 1 aromatic heterocycles. The molecule has 1 heterocycles. The van der Waals surface area contributed by atoms with Crippen molar-refractivity contribution in [3.8, 4) is 6.07 Å². The molecule has 0 amide bonds. The van der Waals surface area contributed by atoms with Gasteiger partial charge in [0.25, 0.3) is 0 Å². The highest BCUT2D eigenvalue weighted by Gasteiger charge is 2.46. The first-order valence-corrected chi connectivity index (χ1v) is 7.22. The lowest BCUT2D eigenvalue weighted by Gasteiger charge is -2.45. The number of hydrogen-bond donors (Lipinski definition) is 0. The van der Waals surface area contributed by atoms with Gasteiger partial charge in [-0.3, -0.25) is 0 Å². The molecule has 0 spiro atoms. The molecule has 0 saturated heterocycles. The minimum atomic E-state index is 0.177. The fourth-order valence-corrected chi connectivity index (χ4v) is 4.00. The second-order valence-electron chi connectivity index (χ2n) is 6.42. The van der Waals surface area contributed by atoms with E-state index in [0.717, 1.165) is 22.9 Å². The Balaban J connectivity index is 1.77. The van der Waals surface area contributed by atoms with Gasteiger partial charge in [-0.1, -0.05) is 5.16 Å². The Morgan fingerprint density at radius 3 is 2.33 bits per heavy atom. The van der Waals surface area contributed by atoms with Gasteiger partial charge in [-0.2, -0.15) is 5.26 Å². The Morgan fingerprint density at radius 2 is 1.78 bits per heavy atom. The molecule has 2 bridgehead atoms. The van der Waals surface area contributed by atoms with Gasteiger partial charge >= 0.3 is 0 Å². The van der Waals surface area contributed by atoms with Crippen LogP contribution >= 0.6 is 0 Å². The average molecular weight is 242 g/mol. The molecule has 1 aromatic rings. The van der Waals surface area contributed by atoms with Crippen molar-refractivity contribution in [2.45, 2.75) is 62.7 Å². The van der Waals surface area contributed by atoms with E-state index < -0.39 is 0 Å². The molecule has 0 N–H and O–H groups in total. The minimum absolute atomic E-state index is 0.177. The number of nitriles is 1. The Hall–Kier alpha value is -1.30. The normalized spacial score (nSPS) is 34.5. The molecule has 0 aliphatic heterocycles. The Bertz CT molecular complexity index is 499. The summed E-state index contributed by atoms with van der Waals surface area (Å²) in [7, 11) is 0. The Kier molecular flexibility index (Phi) is 2.12. The molecule has 18 heavy (non-hydrogen) atoms.